The van der Waals surface area contributed by atoms with Gasteiger partial charge in [-0.15, -0.1) is 0 Å². The van der Waals surface area contributed by atoms with Gasteiger partial charge in [-0.2, -0.15) is 5.01 Å². The van der Waals surface area contributed by atoms with E-state index >= 15 is 4.79 Å². The van der Waals surface area contributed by atoms with Gasteiger partial charge >= 0.3 is 0 Å². The molecule has 4 amide bonds. The molecule has 6 atom stereocenters. The second-order valence-corrected chi connectivity index (χ2v) is 14.8. The highest BCUT2D eigenvalue weighted by Gasteiger charge is 2.70. The lowest BCUT2D eigenvalue weighted by Gasteiger charge is -2.50. The molecular weight excluding hydrogens is 673 g/mol. The molecule has 3 aliphatic carbocycles. The highest BCUT2D eigenvalue weighted by molar-refractivity contribution is 6.30. The monoisotopic (exact) mass is 711 g/mol. The van der Waals surface area contributed by atoms with E-state index in [1.54, 1.807) is 41.3 Å². The van der Waals surface area contributed by atoms with Crippen LogP contribution in [0.3, 0.4) is 0 Å². The SMILES string of the molecule is O=C1[C@@H]2C[C@@H]3C(=CC[C@@H]4C(=O)N(C5CCCCC5)C(=O)[C@@H]43)[C@H](c3ccc(OCCO)cc3)[C@]2(c2ccc(Cl)cc2)C(=O)N1Nc1ccc(F)cc1. The lowest BCUT2D eigenvalue weighted by Crippen LogP contribution is -2.53. The first-order valence-corrected chi connectivity index (χ1v) is 18.2. The zero-order valence-corrected chi connectivity index (χ0v) is 28.7. The van der Waals surface area contributed by atoms with Crippen LogP contribution in [0.5, 0.6) is 5.75 Å². The van der Waals surface area contributed by atoms with E-state index in [1.165, 1.54) is 24.3 Å². The van der Waals surface area contributed by atoms with Gasteiger partial charge in [0.2, 0.25) is 11.8 Å². The minimum atomic E-state index is -1.45. The highest BCUT2D eigenvalue weighted by atomic mass is 35.5. The third kappa shape index (κ3) is 5.37. The van der Waals surface area contributed by atoms with Crippen LogP contribution in [0.4, 0.5) is 10.1 Å². The summed E-state index contributed by atoms with van der Waals surface area (Å²) in [7, 11) is 0. The van der Waals surface area contributed by atoms with Crippen molar-refractivity contribution in [1.29, 1.82) is 0 Å². The average Bonchev–Trinajstić information content (AvgIpc) is 3.53. The normalized spacial score (nSPS) is 29.1. The van der Waals surface area contributed by atoms with E-state index in [0.717, 1.165) is 48.2 Å². The van der Waals surface area contributed by atoms with Crippen LogP contribution in [0.15, 0.2) is 84.4 Å². The zero-order chi connectivity index (χ0) is 35.4. The van der Waals surface area contributed by atoms with E-state index in [9.17, 15) is 23.9 Å². The summed E-state index contributed by atoms with van der Waals surface area (Å²) in [6.07, 6.45) is 7.24. The molecular formula is C40H39ClFN3O6. The summed E-state index contributed by atoms with van der Waals surface area (Å²) in [5.74, 6) is -4.40. The van der Waals surface area contributed by atoms with Gasteiger partial charge in [0.15, 0.2) is 0 Å². The number of hydrogen-bond donors (Lipinski definition) is 2. The van der Waals surface area contributed by atoms with Crippen molar-refractivity contribution in [2.75, 3.05) is 18.6 Å². The lowest BCUT2D eigenvalue weighted by molar-refractivity contribution is -0.144. The standard InChI is InChI=1S/C40H39ClFN3O6/c41-25-10-8-24(9-11-25)40-33(37(48)45(39(40)50)43-27-14-12-26(42)13-15-27)22-32-30(35(40)23-6-16-29(17-7-23)51-21-20-46)18-19-31-34(32)38(49)44(36(31)47)28-4-2-1-3-5-28/h6-18,28,31-35,43,46H,1-5,19-22H2/t31-,32+,33-,34-,35-,40+/m0/s1. The second kappa shape index (κ2) is 13.2. The number of likely N-dealkylation sites (tertiary alicyclic amines) is 1. The molecule has 2 saturated heterocycles. The van der Waals surface area contributed by atoms with E-state index in [2.05, 4.69) is 5.43 Å². The van der Waals surface area contributed by atoms with Crippen molar-refractivity contribution in [3.8, 4) is 5.75 Å². The minimum absolute atomic E-state index is 0.112. The number of aliphatic hydroxyl groups is 1. The van der Waals surface area contributed by atoms with Crippen molar-refractivity contribution in [3.63, 3.8) is 0 Å². The summed E-state index contributed by atoms with van der Waals surface area (Å²) in [5, 5.41) is 10.8. The number of carbonyl (C=O) groups is 4. The summed E-state index contributed by atoms with van der Waals surface area (Å²) < 4.78 is 19.5. The average molecular weight is 712 g/mol. The minimum Gasteiger partial charge on any atom is -0.491 e. The fraction of sp³-hybridized carbons (Fsp3) is 0.400. The van der Waals surface area contributed by atoms with Crippen molar-refractivity contribution in [2.24, 2.45) is 23.7 Å². The molecule has 2 aliphatic heterocycles. The fourth-order valence-corrected chi connectivity index (χ4v) is 9.80. The molecule has 0 spiro atoms. The molecule has 0 radical (unpaired) electrons. The number of halogens is 2. The van der Waals surface area contributed by atoms with Crippen molar-refractivity contribution in [3.05, 3.63) is 106 Å². The van der Waals surface area contributed by atoms with Crippen LogP contribution in [0.1, 0.15) is 62.0 Å². The summed E-state index contributed by atoms with van der Waals surface area (Å²) in [6, 6.07) is 19.6. The maximum atomic E-state index is 15.2. The number of benzene rings is 3. The molecule has 3 aromatic rings. The maximum Gasteiger partial charge on any atom is 0.260 e. The molecule has 0 aromatic heterocycles. The first-order valence-electron chi connectivity index (χ1n) is 17.8. The number of nitrogens with zero attached hydrogens (tertiary/aromatic N) is 2. The Bertz CT molecular complexity index is 1890. The Hall–Kier alpha value is -4.54. The van der Waals surface area contributed by atoms with E-state index in [1.807, 2.05) is 18.2 Å². The molecule has 2 heterocycles. The number of nitrogens with one attached hydrogen (secondary N) is 1. The molecule has 51 heavy (non-hydrogen) atoms. The molecule has 5 aliphatic rings. The number of allylic oxidation sites excluding steroid dienone is 2. The number of rotatable bonds is 8. The number of anilines is 1. The van der Waals surface area contributed by atoms with E-state index in [0.29, 0.717) is 28.4 Å². The molecule has 3 aromatic carbocycles. The Kier molecular flexibility index (Phi) is 8.71. The molecule has 4 fully saturated rings. The van der Waals surface area contributed by atoms with Crippen molar-refractivity contribution in [1.82, 2.24) is 9.91 Å². The van der Waals surface area contributed by atoms with Gasteiger partial charge in [-0.1, -0.05) is 66.8 Å². The summed E-state index contributed by atoms with van der Waals surface area (Å²) in [6.45, 7) is -0.0402. The van der Waals surface area contributed by atoms with Crippen LogP contribution in [-0.2, 0) is 24.6 Å². The van der Waals surface area contributed by atoms with Crippen LogP contribution in [0, 0.1) is 29.5 Å². The Labute approximate surface area is 300 Å². The summed E-state index contributed by atoms with van der Waals surface area (Å²) in [4.78, 5) is 60.0. The third-order valence-corrected chi connectivity index (χ3v) is 12.1. The predicted octanol–water partition coefficient (Wildman–Crippen LogP) is 6.17. The van der Waals surface area contributed by atoms with Crippen molar-refractivity contribution < 1.29 is 33.4 Å². The maximum absolute atomic E-state index is 15.2. The first kappa shape index (κ1) is 33.6. The number of ether oxygens (including phenoxy) is 1. The molecule has 0 bridgehead atoms. The zero-order valence-electron chi connectivity index (χ0n) is 28.0. The largest absolute Gasteiger partial charge is 0.491 e. The quantitative estimate of drug-likeness (QED) is 0.212. The number of carbonyl (C=O) groups excluding carboxylic acids is 4. The number of imide groups is 2. The van der Waals surface area contributed by atoms with Crippen LogP contribution in [0.25, 0.3) is 0 Å². The Morgan fingerprint density at radius 3 is 2.25 bits per heavy atom. The van der Waals surface area contributed by atoms with Gasteiger partial charge in [-0.05, 0) is 91.3 Å². The van der Waals surface area contributed by atoms with Gasteiger partial charge in [0, 0.05) is 17.0 Å². The molecule has 8 rings (SSSR count). The summed E-state index contributed by atoms with van der Waals surface area (Å²) in [5.41, 5.74) is 4.09. The second-order valence-electron chi connectivity index (χ2n) is 14.4. The smallest absolute Gasteiger partial charge is 0.260 e. The molecule has 2 N–H and O–H groups in total. The number of hydrazine groups is 1. The van der Waals surface area contributed by atoms with E-state index < -0.39 is 52.6 Å². The van der Waals surface area contributed by atoms with Gasteiger partial charge in [-0.3, -0.25) is 29.5 Å². The molecule has 2 saturated carbocycles. The van der Waals surface area contributed by atoms with Crippen LogP contribution >= 0.6 is 11.6 Å². The molecule has 11 heteroatoms. The summed E-state index contributed by atoms with van der Waals surface area (Å²) >= 11 is 6.37. The van der Waals surface area contributed by atoms with Crippen LogP contribution < -0.4 is 10.2 Å². The number of fused-ring (bicyclic) bond motifs is 4. The van der Waals surface area contributed by atoms with E-state index in [-0.39, 0.29) is 37.5 Å². The topological polar surface area (TPSA) is 116 Å². The van der Waals surface area contributed by atoms with Crippen molar-refractivity contribution >= 4 is 40.9 Å². The van der Waals surface area contributed by atoms with Gasteiger partial charge in [0.1, 0.15) is 18.2 Å². The Morgan fingerprint density at radius 1 is 0.863 bits per heavy atom. The van der Waals surface area contributed by atoms with Gasteiger partial charge in [-0.25, -0.2) is 4.39 Å². The molecule has 0 unspecified atom stereocenters. The number of hydrogen-bond acceptors (Lipinski definition) is 7. The Balaban J connectivity index is 1.29. The molecule has 9 nitrogen and oxygen atoms in total. The number of aliphatic hydroxyl groups excluding tert-OH is 1. The lowest BCUT2D eigenvalue weighted by atomic mass is 9.49. The predicted molar refractivity (Wildman–Crippen MR) is 187 cm³/mol. The Morgan fingerprint density at radius 2 is 1.57 bits per heavy atom. The van der Waals surface area contributed by atoms with Crippen LogP contribution in [-0.4, -0.2) is 57.9 Å². The molecule has 264 valence electrons. The van der Waals surface area contributed by atoms with Gasteiger partial charge < -0.3 is 9.84 Å². The van der Waals surface area contributed by atoms with E-state index in [4.69, 9.17) is 16.3 Å². The fourth-order valence-electron chi connectivity index (χ4n) is 9.67. The van der Waals surface area contributed by atoms with Gasteiger partial charge in [0.25, 0.3) is 11.8 Å². The highest BCUT2D eigenvalue weighted by Crippen LogP contribution is 2.64. The van der Waals surface area contributed by atoms with Crippen LogP contribution in [0.2, 0.25) is 5.02 Å². The number of amides is 4. The van der Waals surface area contributed by atoms with Gasteiger partial charge in [0.05, 0.1) is 35.5 Å². The first-order chi connectivity index (χ1) is 24.7. The third-order valence-electron chi connectivity index (χ3n) is 11.8. The van der Waals surface area contributed by atoms with Crippen molar-refractivity contribution in [2.45, 2.75) is 62.3 Å².